The maximum absolute atomic E-state index is 13.3. The number of benzene rings is 1. The fraction of sp³-hybridized carbons (Fsp3) is 0.500. The lowest BCUT2D eigenvalue weighted by Crippen LogP contribution is -2.50. The van der Waals surface area contributed by atoms with Crippen LogP contribution in [-0.2, 0) is 11.8 Å². The van der Waals surface area contributed by atoms with E-state index >= 15 is 0 Å². The van der Waals surface area contributed by atoms with Crippen LogP contribution in [0.15, 0.2) is 35.3 Å². The zero-order chi connectivity index (χ0) is 25.5. The third-order valence-electron chi connectivity index (χ3n) is 7.46. The van der Waals surface area contributed by atoms with Gasteiger partial charge in [-0.3, -0.25) is 9.13 Å². The van der Waals surface area contributed by atoms with Gasteiger partial charge in [-0.2, -0.15) is 0 Å². The molecule has 0 unspecified atom stereocenters. The minimum atomic E-state index is -0.753. The molecule has 2 aromatic heterocycles. The van der Waals surface area contributed by atoms with Crippen molar-refractivity contribution in [3.63, 3.8) is 0 Å². The molecule has 4 rings (SSSR count). The second-order valence-corrected chi connectivity index (χ2v) is 10.5. The highest BCUT2D eigenvalue weighted by Gasteiger charge is 2.48. The van der Waals surface area contributed by atoms with Crippen molar-refractivity contribution in [1.29, 1.82) is 0 Å². The molecule has 0 aliphatic heterocycles. The number of pyridine rings is 1. The van der Waals surface area contributed by atoms with Crippen LogP contribution in [0.3, 0.4) is 0 Å². The van der Waals surface area contributed by atoms with Crippen molar-refractivity contribution in [3.05, 3.63) is 46.5 Å². The predicted octanol–water partition coefficient (Wildman–Crippen LogP) is 4.79. The molecular formula is C26H35N5O4. The first kappa shape index (κ1) is 24.6. The Morgan fingerprint density at radius 3 is 2.46 bits per heavy atom. The van der Waals surface area contributed by atoms with E-state index in [-0.39, 0.29) is 17.1 Å². The number of rotatable bonds is 5. The molecule has 1 aromatic carbocycles. The Kier molecular flexibility index (Phi) is 6.29. The van der Waals surface area contributed by atoms with E-state index in [1.807, 2.05) is 35.8 Å². The molecule has 0 radical (unpaired) electrons. The van der Waals surface area contributed by atoms with Crippen LogP contribution in [0, 0.1) is 12.3 Å². The normalized spacial score (nSPS) is 20.6. The van der Waals surface area contributed by atoms with Crippen molar-refractivity contribution in [2.75, 3.05) is 12.4 Å². The Morgan fingerprint density at radius 2 is 1.89 bits per heavy atom. The molecule has 188 valence electrons. The third-order valence-corrected chi connectivity index (χ3v) is 7.46. The van der Waals surface area contributed by atoms with Gasteiger partial charge in [-0.25, -0.2) is 14.6 Å². The molecule has 9 heteroatoms. The highest BCUT2D eigenvalue weighted by molar-refractivity contribution is 5.79. The maximum atomic E-state index is 13.3. The number of aryl methyl sites for hydroxylation is 2. The first-order valence-corrected chi connectivity index (χ1v) is 11.9. The average Bonchev–Trinajstić information content (AvgIpc) is 3.04. The highest BCUT2D eigenvalue weighted by Crippen LogP contribution is 2.47. The number of nitrogens with zero attached hydrogens (tertiary/aromatic N) is 3. The van der Waals surface area contributed by atoms with Crippen LogP contribution in [0.2, 0.25) is 0 Å². The summed E-state index contributed by atoms with van der Waals surface area (Å²) in [6, 6.07) is 7.70. The van der Waals surface area contributed by atoms with Crippen LogP contribution in [0.1, 0.15) is 58.1 Å². The number of carbonyl (C=O) groups is 1. The topological polar surface area (TPSA) is 113 Å². The second kappa shape index (κ2) is 8.94. The Labute approximate surface area is 205 Å². The summed E-state index contributed by atoms with van der Waals surface area (Å²) in [7, 11) is 3.41. The SMILES string of the molecule is COc1ccc(Nc2cc3c(cn2)n(C)c(=O)n3C2CCC(OC(N)=O)(C(C)(C)C)CC2)c(C)c1. The number of nitrogens with two attached hydrogens (primary N) is 1. The molecule has 3 N–H and O–H groups in total. The van der Waals surface area contributed by atoms with Gasteiger partial charge in [0.1, 0.15) is 17.2 Å². The number of nitrogens with one attached hydrogen (secondary N) is 1. The summed E-state index contributed by atoms with van der Waals surface area (Å²) in [4.78, 5) is 29.5. The Bertz CT molecular complexity index is 1310. The van der Waals surface area contributed by atoms with Crippen LogP contribution in [0.25, 0.3) is 11.0 Å². The summed E-state index contributed by atoms with van der Waals surface area (Å²) in [6.07, 6.45) is 3.64. The third kappa shape index (κ3) is 4.47. The molecule has 0 atom stereocenters. The molecule has 1 aliphatic carbocycles. The smallest absolute Gasteiger partial charge is 0.405 e. The van der Waals surface area contributed by atoms with Gasteiger partial charge in [0.25, 0.3) is 0 Å². The quantitative estimate of drug-likeness (QED) is 0.542. The van der Waals surface area contributed by atoms with Gasteiger partial charge in [0.05, 0.1) is 24.3 Å². The van der Waals surface area contributed by atoms with Gasteiger partial charge in [0.15, 0.2) is 0 Å². The van der Waals surface area contributed by atoms with Crippen molar-refractivity contribution >= 4 is 28.6 Å². The lowest BCUT2D eigenvalue weighted by molar-refractivity contribution is -0.0954. The summed E-state index contributed by atoms with van der Waals surface area (Å²) in [5, 5.41) is 3.37. The van der Waals surface area contributed by atoms with E-state index in [1.165, 1.54) is 0 Å². The van der Waals surface area contributed by atoms with Crippen molar-refractivity contribution in [2.45, 2.75) is 65.0 Å². The first-order valence-electron chi connectivity index (χ1n) is 11.9. The Morgan fingerprint density at radius 1 is 1.20 bits per heavy atom. The number of aromatic nitrogens is 3. The molecule has 3 aromatic rings. The zero-order valence-electron chi connectivity index (χ0n) is 21.3. The van der Waals surface area contributed by atoms with E-state index in [2.05, 4.69) is 31.1 Å². The summed E-state index contributed by atoms with van der Waals surface area (Å²) < 4.78 is 14.5. The summed E-state index contributed by atoms with van der Waals surface area (Å²) in [6.45, 7) is 8.18. The van der Waals surface area contributed by atoms with Crippen LogP contribution in [-0.4, -0.2) is 32.9 Å². The number of amides is 1. The Hall–Kier alpha value is -3.49. The number of fused-ring (bicyclic) bond motifs is 1. The van der Waals surface area contributed by atoms with E-state index in [1.54, 1.807) is 24.9 Å². The van der Waals surface area contributed by atoms with E-state index in [4.69, 9.17) is 15.2 Å². The summed E-state index contributed by atoms with van der Waals surface area (Å²) >= 11 is 0. The minimum absolute atomic E-state index is 0.0175. The lowest BCUT2D eigenvalue weighted by Gasteiger charge is -2.47. The van der Waals surface area contributed by atoms with Gasteiger partial charge in [-0.15, -0.1) is 0 Å². The predicted molar refractivity (Wildman–Crippen MR) is 136 cm³/mol. The molecule has 1 saturated carbocycles. The van der Waals surface area contributed by atoms with Gasteiger partial charge >= 0.3 is 11.8 Å². The fourth-order valence-electron chi connectivity index (χ4n) is 5.24. The van der Waals surface area contributed by atoms with Crippen LogP contribution >= 0.6 is 0 Å². The number of anilines is 2. The zero-order valence-corrected chi connectivity index (χ0v) is 21.3. The molecular weight excluding hydrogens is 446 g/mol. The summed E-state index contributed by atoms with van der Waals surface area (Å²) in [5.41, 5.74) is 7.96. The average molecular weight is 482 g/mol. The van der Waals surface area contributed by atoms with E-state index < -0.39 is 11.7 Å². The number of hydrogen-bond donors (Lipinski definition) is 2. The van der Waals surface area contributed by atoms with E-state index in [0.717, 1.165) is 28.0 Å². The number of imidazole rings is 1. The molecule has 0 spiro atoms. The van der Waals surface area contributed by atoms with Gasteiger partial charge in [-0.1, -0.05) is 20.8 Å². The molecule has 1 fully saturated rings. The highest BCUT2D eigenvalue weighted by atomic mass is 16.6. The lowest BCUT2D eigenvalue weighted by atomic mass is 9.67. The monoisotopic (exact) mass is 481 g/mol. The minimum Gasteiger partial charge on any atom is -0.497 e. The molecule has 35 heavy (non-hydrogen) atoms. The summed E-state index contributed by atoms with van der Waals surface area (Å²) in [5.74, 6) is 1.44. The molecule has 0 saturated heterocycles. The van der Waals surface area contributed by atoms with E-state index in [0.29, 0.717) is 31.5 Å². The van der Waals surface area contributed by atoms with Crippen molar-refractivity contribution in [3.8, 4) is 5.75 Å². The Balaban J connectivity index is 1.66. The number of hydrogen-bond acceptors (Lipinski definition) is 6. The first-order chi connectivity index (χ1) is 16.5. The molecule has 1 amide bonds. The van der Waals surface area contributed by atoms with Gasteiger partial charge in [0, 0.05) is 30.3 Å². The molecule has 9 nitrogen and oxygen atoms in total. The largest absolute Gasteiger partial charge is 0.497 e. The van der Waals surface area contributed by atoms with Crippen LogP contribution in [0.5, 0.6) is 5.75 Å². The molecule has 2 heterocycles. The molecule has 0 bridgehead atoms. The van der Waals surface area contributed by atoms with E-state index in [9.17, 15) is 9.59 Å². The number of methoxy groups -OCH3 is 1. The second-order valence-electron chi connectivity index (χ2n) is 10.5. The fourth-order valence-corrected chi connectivity index (χ4v) is 5.24. The van der Waals surface area contributed by atoms with Gasteiger partial charge < -0.3 is 20.5 Å². The number of carbonyl (C=O) groups excluding carboxylic acids is 1. The van der Waals surface area contributed by atoms with Crippen molar-refractivity contribution in [2.24, 2.45) is 18.2 Å². The van der Waals surface area contributed by atoms with Gasteiger partial charge in [0.2, 0.25) is 0 Å². The van der Waals surface area contributed by atoms with Crippen molar-refractivity contribution < 1.29 is 14.3 Å². The maximum Gasteiger partial charge on any atom is 0.405 e. The number of ether oxygens (including phenoxy) is 2. The molecule has 1 aliphatic rings. The van der Waals surface area contributed by atoms with Crippen molar-refractivity contribution in [1.82, 2.24) is 14.1 Å². The van der Waals surface area contributed by atoms with Crippen LogP contribution < -0.4 is 21.5 Å². The van der Waals surface area contributed by atoms with Crippen LogP contribution in [0.4, 0.5) is 16.3 Å². The number of primary amides is 1. The standard InChI is InChI=1S/C26H35N5O4/c1-16-13-18(34-6)7-8-19(16)29-22-14-20-21(15-28-22)30(5)24(33)31(20)17-9-11-26(12-10-17,25(2,3)4)35-23(27)32/h7-8,13-15,17H,9-12H2,1-6H3,(H2,27,32)(H,28,29). The van der Waals surface area contributed by atoms with Gasteiger partial charge in [-0.05, 0) is 56.4 Å².